The molecule has 1 atom stereocenters. The summed E-state index contributed by atoms with van der Waals surface area (Å²) in [6.07, 6.45) is 1.85. The molecule has 9 nitrogen and oxygen atoms in total. The predicted octanol–water partition coefficient (Wildman–Crippen LogP) is 0.222. The van der Waals surface area contributed by atoms with Crippen LogP contribution in [0.5, 0.6) is 0 Å². The molecule has 1 unspecified atom stereocenters. The molecule has 2 N–H and O–H groups in total. The van der Waals surface area contributed by atoms with E-state index in [1.807, 2.05) is 11.0 Å². The summed E-state index contributed by atoms with van der Waals surface area (Å²) in [6, 6.07) is 9.13. The Morgan fingerprint density at radius 1 is 1.25 bits per heavy atom. The highest BCUT2D eigenvalue weighted by atomic mass is 16.2. The van der Waals surface area contributed by atoms with Gasteiger partial charge in [-0.05, 0) is 31.0 Å². The Hall–Kier alpha value is -3.38. The van der Waals surface area contributed by atoms with Crippen molar-refractivity contribution in [2.24, 2.45) is 19.8 Å². The van der Waals surface area contributed by atoms with Crippen LogP contribution in [0, 0.1) is 11.3 Å². The van der Waals surface area contributed by atoms with E-state index < -0.39 is 11.2 Å². The fourth-order valence-electron chi connectivity index (χ4n) is 3.75. The van der Waals surface area contributed by atoms with Crippen LogP contribution in [0.2, 0.25) is 0 Å². The minimum Gasteiger partial charge on any atom is -0.340 e. The first kappa shape index (κ1) is 18.0. The highest BCUT2D eigenvalue weighted by Gasteiger charge is 2.26. The molecule has 1 saturated heterocycles. The number of aryl methyl sites for hydroxylation is 1. The fraction of sp³-hybridized carbons (Fsp3) is 0.368. The predicted molar refractivity (Wildman–Crippen MR) is 106 cm³/mol. The van der Waals surface area contributed by atoms with Crippen LogP contribution in [0.15, 0.2) is 33.9 Å². The van der Waals surface area contributed by atoms with Gasteiger partial charge in [0.1, 0.15) is 0 Å². The molecule has 3 aromatic rings. The first-order chi connectivity index (χ1) is 13.4. The Kier molecular flexibility index (Phi) is 4.28. The summed E-state index contributed by atoms with van der Waals surface area (Å²) in [6.45, 7) is 1.36. The third-order valence-corrected chi connectivity index (χ3v) is 5.21. The summed E-state index contributed by atoms with van der Waals surface area (Å²) < 4.78 is 4.17. The van der Waals surface area contributed by atoms with Crippen molar-refractivity contribution in [2.45, 2.75) is 18.9 Å². The van der Waals surface area contributed by atoms with Gasteiger partial charge in [0.15, 0.2) is 11.2 Å². The van der Waals surface area contributed by atoms with E-state index in [0.717, 1.165) is 24.0 Å². The number of fused-ring (bicyclic) bond motifs is 1. The molecule has 1 fully saturated rings. The number of benzene rings is 1. The molecule has 0 spiro atoms. The van der Waals surface area contributed by atoms with Crippen LogP contribution in [0.1, 0.15) is 18.4 Å². The molecular weight excluding hydrogens is 358 g/mol. The van der Waals surface area contributed by atoms with Crippen molar-refractivity contribution in [1.82, 2.24) is 18.7 Å². The Balaban J connectivity index is 2.09. The fourth-order valence-corrected chi connectivity index (χ4v) is 3.75. The van der Waals surface area contributed by atoms with Gasteiger partial charge in [-0.1, -0.05) is 6.07 Å². The number of aromatic nitrogens is 4. The van der Waals surface area contributed by atoms with Crippen molar-refractivity contribution in [2.75, 3.05) is 18.0 Å². The zero-order valence-corrected chi connectivity index (χ0v) is 15.8. The van der Waals surface area contributed by atoms with E-state index in [9.17, 15) is 14.9 Å². The summed E-state index contributed by atoms with van der Waals surface area (Å²) in [7, 11) is 3.04. The van der Waals surface area contributed by atoms with Crippen LogP contribution in [-0.4, -0.2) is 37.8 Å². The summed E-state index contributed by atoms with van der Waals surface area (Å²) in [5.74, 6) is 0.554. The molecular formula is C19H21N7O2. The lowest BCUT2D eigenvalue weighted by molar-refractivity contribution is 0.499. The number of piperidine rings is 1. The summed E-state index contributed by atoms with van der Waals surface area (Å²) in [4.78, 5) is 32.1. The second-order valence-electron chi connectivity index (χ2n) is 7.14. The van der Waals surface area contributed by atoms with Gasteiger partial charge < -0.3 is 10.6 Å². The number of nitrogens with two attached hydrogens (primary N) is 1. The number of hydrogen-bond donors (Lipinski definition) is 1. The molecule has 144 valence electrons. The number of imidazole rings is 1. The van der Waals surface area contributed by atoms with Gasteiger partial charge in [0.2, 0.25) is 5.95 Å². The van der Waals surface area contributed by atoms with Crippen molar-refractivity contribution in [3.8, 4) is 11.8 Å². The first-order valence-corrected chi connectivity index (χ1v) is 9.12. The number of nitrogens with zero attached hydrogens (tertiary/aromatic N) is 6. The van der Waals surface area contributed by atoms with Gasteiger partial charge in [-0.15, -0.1) is 0 Å². The Bertz CT molecular complexity index is 1230. The topological polar surface area (TPSA) is 115 Å². The van der Waals surface area contributed by atoms with E-state index in [0.29, 0.717) is 34.9 Å². The molecule has 2 aromatic heterocycles. The van der Waals surface area contributed by atoms with Gasteiger partial charge in [-0.2, -0.15) is 10.2 Å². The van der Waals surface area contributed by atoms with Crippen LogP contribution in [-0.2, 0) is 14.1 Å². The van der Waals surface area contributed by atoms with Crippen molar-refractivity contribution in [3.63, 3.8) is 0 Å². The number of rotatable bonds is 2. The maximum Gasteiger partial charge on any atom is 0.332 e. The van der Waals surface area contributed by atoms with Crippen LogP contribution in [0.4, 0.5) is 5.95 Å². The third kappa shape index (κ3) is 2.70. The van der Waals surface area contributed by atoms with Crippen LogP contribution >= 0.6 is 0 Å². The van der Waals surface area contributed by atoms with Gasteiger partial charge in [0.05, 0.1) is 17.3 Å². The molecule has 1 aromatic carbocycles. The lowest BCUT2D eigenvalue weighted by atomic mass is 10.1. The molecule has 1 aliphatic rings. The van der Waals surface area contributed by atoms with Crippen molar-refractivity contribution >= 4 is 17.1 Å². The summed E-state index contributed by atoms with van der Waals surface area (Å²) in [5.41, 5.74) is 7.02. The minimum atomic E-state index is -0.435. The van der Waals surface area contributed by atoms with Crippen molar-refractivity contribution in [1.29, 1.82) is 5.26 Å². The molecule has 0 amide bonds. The molecule has 28 heavy (non-hydrogen) atoms. The van der Waals surface area contributed by atoms with Crippen LogP contribution in [0.3, 0.4) is 0 Å². The van der Waals surface area contributed by atoms with Gasteiger partial charge in [0.25, 0.3) is 5.56 Å². The standard InChI is InChI=1S/C19H21N7O2/c1-23-16-15(17(27)24(2)19(23)28)26(14-7-3-5-12(9-14)10-20)18(22-16)25-8-4-6-13(21)11-25/h3,5,7,9,13H,4,6,8,11,21H2,1-2H3. The Labute approximate surface area is 160 Å². The number of hydrogen-bond acceptors (Lipinski definition) is 6. The van der Waals surface area contributed by atoms with E-state index in [1.165, 1.54) is 11.6 Å². The molecule has 1 aliphatic heterocycles. The average molecular weight is 379 g/mol. The monoisotopic (exact) mass is 379 g/mol. The molecule has 0 saturated carbocycles. The van der Waals surface area contributed by atoms with Gasteiger partial charge >= 0.3 is 5.69 Å². The van der Waals surface area contributed by atoms with Crippen LogP contribution in [0.25, 0.3) is 16.9 Å². The largest absolute Gasteiger partial charge is 0.340 e. The van der Waals surface area contributed by atoms with Gasteiger partial charge in [-0.25, -0.2) is 4.79 Å². The molecule has 0 radical (unpaired) electrons. The van der Waals surface area contributed by atoms with E-state index >= 15 is 0 Å². The van der Waals surface area contributed by atoms with Crippen molar-refractivity contribution < 1.29 is 0 Å². The van der Waals surface area contributed by atoms with E-state index in [1.54, 1.807) is 29.8 Å². The maximum absolute atomic E-state index is 13.0. The Morgan fingerprint density at radius 3 is 2.75 bits per heavy atom. The molecule has 3 heterocycles. The quantitative estimate of drug-likeness (QED) is 0.681. The normalized spacial score (nSPS) is 17.1. The smallest absolute Gasteiger partial charge is 0.332 e. The highest BCUT2D eigenvalue weighted by Crippen LogP contribution is 2.27. The summed E-state index contributed by atoms with van der Waals surface area (Å²) >= 11 is 0. The number of nitriles is 1. The van der Waals surface area contributed by atoms with E-state index in [4.69, 9.17) is 5.73 Å². The summed E-state index contributed by atoms with van der Waals surface area (Å²) in [5, 5.41) is 9.29. The zero-order chi connectivity index (χ0) is 20.0. The van der Waals surface area contributed by atoms with E-state index in [-0.39, 0.29) is 6.04 Å². The first-order valence-electron chi connectivity index (χ1n) is 9.12. The molecule has 4 rings (SSSR count). The van der Waals surface area contributed by atoms with Gasteiger partial charge in [-0.3, -0.25) is 18.5 Å². The maximum atomic E-state index is 13.0. The second-order valence-corrected chi connectivity index (χ2v) is 7.14. The third-order valence-electron chi connectivity index (χ3n) is 5.21. The second kappa shape index (κ2) is 6.65. The highest BCUT2D eigenvalue weighted by molar-refractivity contribution is 5.78. The lowest BCUT2D eigenvalue weighted by Crippen LogP contribution is -2.44. The molecule has 0 aliphatic carbocycles. The van der Waals surface area contributed by atoms with Crippen LogP contribution < -0.4 is 21.9 Å². The molecule has 0 bridgehead atoms. The number of anilines is 1. The van der Waals surface area contributed by atoms with E-state index in [2.05, 4.69) is 11.1 Å². The zero-order valence-electron chi connectivity index (χ0n) is 15.8. The average Bonchev–Trinajstić information content (AvgIpc) is 3.11. The Morgan fingerprint density at radius 2 is 2.04 bits per heavy atom. The van der Waals surface area contributed by atoms with Crippen molar-refractivity contribution in [3.05, 3.63) is 50.7 Å². The minimum absolute atomic E-state index is 0.0131. The molecule has 9 heteroatoms. The van der Waals surface area contributed by atoms with Gasteiger partial charge in [0, 0.05) is 33.2 Å². The lowest BCUT2D eigenvalue weighted by Gasteiger charge is -2.31. The SMILES string of the molecule is Cn1c(=O)c2c(nc(N3CCCC(N)C3)n2-c2cccc(C#N)c2)n(C)c1=O.